The summed E-state index contributed by atoms with van der Waals surface area (Å²) in [6.07, 6.45) is 4.81. The topological polar surface area (TPSA) is 79.0 Å². The van der Waals surface area contributed by atoms with Crippen LogP contribution in [-0.2, 0) is 33.7 Å². The molecule has 0 aromatic heterocycles. The monoisotopic (exact) mass is 605 g/mol. The van der Waals surface area contributed by atoms with Gasteiger partial charge in [-0.3, -0.25) is 9.59 Å². The second-order valence-electron chi connectivity index (χ2n) is 13.3. The number of nitrogens with zero attached hydrogens (tertiary/aromatic N) is 2. The molecule has 43 heavy (non-hydrogen) atoms. The van der Waals surface area contributed by atoms with Gasteiger partial charge in [0, 0.05) is 29.8 Å². The predicted molar refractivity (Wildman–Crippen MR) is 171 cm³/mol. The number of amides is 3. The number of nitrogens with one attached hydrogen (secondary N) is 1. The average Bonchev–Trinajstić information content (AvgIpc) is 3.41. The summed E-state index contributed by atoms with van der Waals surface area (Å²) in [4.78, 5) is 45.5. The molecule has 2 aromatic carbocycles. The van der Waals surface area contributed by atoms with Gasteiger partial charge in [0.05, 0.1) is 0 Å². The van der Waals surface area contributed by atoms with Crippen LogP contribution < -0.4 is 5.32 Å². The molecule has 2 aromatic rings. The van der Waals surface area contributed by atoms with Crippen LogP contribution in [0.25, 0.3) is 0 Å². The lowest BCUT2D eigenvalue weighted by Gasteiger charge is -2.44. The summed E-state index contributed by atoms with van der Waals surface area (Å²) in [5.74, 6) is 0.190. The van der Waals surface area contributed by atoms with Crippen LogP contribution in [0.15, 0.2) is 53.4 Å². The standard InChI is InChI=1S/C35H47N3O4S/c1-6-23(7-2)31-32(39)36-30(27-20-24-12-8-9-13-25(24)21-27)33(40)38(31)22-26-14-10-11-15-29(26)43-28-16-18-37(19-17-28)34(41)42-35(3,4)5/h8-15,23,27-28,30-31H,6-7,16-22H2,1-5H3,(H,36,39)/t30-,31-/m1/s1. The molecule has 2 saturated heterocycles. The fourth-order valence-corrected chi connectivity index (χ4v) is 8.13. The van der Waals surface area contributed by atoms with Gasteiger partial charge in [0.15, 0.2) is 0 Å². The summed E-state index contributed by atoms with van der Waals surface area (Å²) >= 11 is 1.83. The lowest BCUT2D eigenvalue weighted by molar-refractivity contribution is -0.154. The Labute approximate surface area is 261 Å². The van der Waals surface area contributed by atoms with Crippen LogP contribution in [0.2, 0.25) is 0 Å². The summed E-state index contributed by atoms with van der Waals surface area (Å²) in [7, 11) is 0. The number of likely N-dealkylation sites (tertiary alicyclic amines) is 1. The lowest BCUT2D eigenvalue weighted by atomic mass is 9.86. The number of hydrogen-bond acceptors (Lipinski definition) is 5. The fourth-order valence-electron chi connectivity index (χ4n) is 6.88. The molecule has 2 atom stereocenters. The highest BCUT2D eigenvalue weighted by Crippen LogP contribution is 2.36. The van der Waals surface area contributed by atoms with Crippen molar-refractivity contribution >= 4 is 29.7 Å². The van der Waals surface area contributed by atoms with Crippen molar-refractivity contribution in [1.29, 1.82) is 0 Å². The van der Waals surface area contributed by atoms with E-state index in [0.29, 0.717) is 24.9 Å². The van der Waals surface area contributed by atoms with Gasteiger partial charge in [0.1, 0.15) is 17.7 Å². The second-order valence-corrected chi connectivity index (χ2v) is 14.6. The quantitative estimate of drug-likeness (QED) is 0.386. The van der Waals surface area contributed by atoms with E-state index >= 15 is 0 Å². The molecule has 5 rings (SSSR count). The minimum absolute atomic E-state index is 0.0195. The van der Waals surface area contributed by atoms with Crippen LogP contribution in [0.3, 0.4) is 0 Å². The molecule has 232 valence electrons. The van der Waals surface area contributed by atoms with Crippen molar-refractivity contribution in [2.45, 2.75) is 108 Å². The number of carbonyl (C=O) groups is 3. The number of rotatable bonds is 8. The molecule has 2 aliphatic heterocycles. The minimum Gasteiger partial charge on any atom is -0.444 e. The van der Waals surface area contributed by atoms with Crippen molar-refractivity contribution in [3.8, 4) is 0 Å². The Bertz CT molecular complexity index is 1290. The summed E-state index contributed by atoms with van der Waals surface area (Å²) in [5.41, 5.74) is 3.14. The van der Waals surface area contributed by atoms with E-state index in [9.17, 15) is 14.4 Å². The molecule has 0 radical (unpaired) electrons. The second kappa shape index (κ2) is 13.3. The SMILES string of the molecule is CCC(CC)[C@@H]1C(=O)N[C@H](C2Cc3ccccc3C2)C(=O)N1Cc1ccccc1SC1CCN(C(=O)OC(C)(C)C)CC1. The first-order chi connectivity index (χ1) is 20.6. The van der Waals surface area contributed by atoms with Crippen molar-refractivity contribution in [3.05, 3.63) is 65.2 Å². The third-order valence-electron chi connectivity index (χ3n) is 9.20. The maximum absolute atomic E-state index is 14.3. The number of fused-ring (bicyclic) bond motifs is 1. The molecule has 3 amide bonds. The molecule has 2 heterocycles. The molecule has 0 unspecified atom stereocenters. The van der Waals surface area contributed by atoms with E-state index in [1.54, 1.807) is 4.90 Å². The zero-order chi connectivity index (χ0) is 30.7. The Morgan fingerprint density at radius 3 is 2.19 bits per heavy atom. The predicted octanol–water partition coefficient (Wildman–Crippen LogP) is 6.23. The molecule has 1 N–H and O–H groups in total. The third-order valence-corrected chi connectivity index (χ3v) is 10.7. The van der Waals surface area contributed by atoms with Gasteiger partial charge < -0.3 is 19.9 Å². The zero-order valence-electron chi connectivity index (χ0n) is 26.3. The molecule has 0 spiro atoms. The van der Waals surface area contributed by atoms with Gasteiger partial charge in [-0.25, -0.2) is 4.79 Å². The van der Waals surface area contributed by atoms with Crippen molar-refractivity contribution < 1.29 is 19.1 Å². The fraction of sp³-hybridized carbons (Fsp3) is 0.571. The average molecular weight is 606 g/mol. The Kier molecular flexibility index (Phi) is 9.74. The number of carbonyl (C=O) groups excluding carboxylic acids is 3. The normalized spacial score (nSPS) is 21.7. The van der Waals surface area contributed by atoms with Crippen molar-refractivity contribution in [2.24, 2.45) is 11.8 Å². The molecule has 1 aliphatic carbocycles. The van der Waals surface area contributed by atoms with Gasteiger partial charge in [-0.2, -0.15) is 0 Å². The first-order valence-corrected chi connectivity index (χ1v) is 16.9. The minimum atomic E-state index is -0.512. The van der Waals surface area contributed by atoms with Crippen molar-refractivity contribution in [1.82, 2.24) is 15.1 Å². The Balaban J connectivity index is 1.32. The highest BCUT2D eigenvalue weighted by Gasteiger charge is 2.47. The van der Waals surface area contributed by atoms with E-state index in [-0.39, 0.29) is 29.7 Å². The summed E-state index contributed by atoms with van der Waals surface area (Å²) in [5, 5.41) is 3.55. The van der Waals surface area contributed by atoms with Crippen molar-refractivity contribution in [2.75, 3.05) is 13.1 Å². The van der Waals surface area contributed by atoms with Gasteiger partial charge in [-0.05, 0) is 81.0 Å². The highest BCUT2D eigenvalue weighted by molar-refractivity contribution is 8.00. The summed E-state index contributed by atoms with van der Waals surface area (Å²) in [6, 6.07) is 15.7. The maximum atomic E-state index is 14.3. The molecule has 8 heteroatoms. The van der Waals surface area contributed by atoms with Crippen LogP contribution in [0, 0.1) is 11.8 Å². The van der Waals surface area contributed by atoms with Gasteiger partial charge in [-0.15, -0.1) is 11.8 Å². The smallest absolute Gasteiger partial charge is 0.410 e. The Morgan fingerprint density at radius 1 is 0.977 bits per heavy atom. The Hall–Kier alpha value is -3.00. The molecule has 2 fully saturated rings. The van der Waals surface area contributed by atoms with E-state index in [4.69, 9.17) is 4.74 Å². The summed E-state index contributed by atoms with van der Waals surface area (Å²) < 4.78 is 5.57. The van der Waals surface area contributed by atoms with Crippen LogP contribution in [0.4, 0.5) is 4.79 Å². The molecule has 0 bridgehead atoms. The van der Waals surface area contributed by atoms with Gasteiger partial charge in [0.2, 0.25) is 11.8 Å². The number of piperidine rings is 1. The number of hydrogen-bond donors (Lipinski definition) is 1. The van der Waals surface area contributed by atoms with E-state index in [1.807, 2.05) is 61.7 Å². The number of ether oxygens (including phenoxy) is 1. The molecular formula is C35H47N3O4S. The molecule has 3 aliphatic rings. The molecule has 0 saturated carbocycles. The number of benzene rings is 2. The van der Waals surface area contributed by atoms with Crippen LogP contribution >= 0.6 is 11.8 Å². The molecular weight excluding hydrogens is 558 g/mol. The van der Waals surface area contributed by atoms with Gasteiger partial charge in [-0.1, -0.05) is 69.2 Å². The van der Waals surface area contributed by atoms with Crippen LogP contribution in [-0.4, -0.2) is 63.7 Å². The largest absolute Gasteiger partial charge is 0.444 e. The highest BCUT2D eigenvalue weighted by atomic mass is 32.2. The van der Waals surface area contributed by atoms with E-state index < -0.39 is 17.7 Å². The first kappa shape index (κ1) is 31.4. The van der Waals surface area contributed by atoms with Crippen LogP contribution in [0.5, 0.6) is 0 Å². The van der Waals surface area contributed by atoms with E-state index in [2.05, 4.69) is 43.4 Å². The van der Waals surface area contributed by atoms with E-state index in [1.165, 1.54) is 11.1 Å². The first-order valence-electron chi connectivity index (χ1n) is 16.0. The zero-order valence-corrected chi connectivity index (χ0v) is 27.1. The maximum Gasteiger partial charge on any atom is 0.410 e. The molecule has 7 nitrogen and oxygen atoms in total. The lowest BCUT2D eigenvalue weighted by Crippen LogP contribution is -2.66. The van der Waals surface area contributed by atoms with Crippen molar-refractivity contribution in [3.63, 3.8) is 0 Å². The Morgan fingerprint density at radius 2 is 1.58 bits per heavy atom. The van der Waals surface area contributed by atoms with Gasteiger partial charge >= 0.3 is 6.09 Å². The summed E-state index contributed by atoms with van der Waals surface area (Å²) in [6.45, 7) is 11.7. The van der Waals surface area contributed by atoms with Crippen LogP contribution in [0.1, 0.15) is 77.0 Å². The van der Waals surface area contributed by atoms with Gasteiger partial charge in [0.25, 0.3) is 0 Å². The third kappa shape index (κ3) is 7.22. The number of thioether (sulfide) groups is 1. The van der Waals surface area contributed by atoms with E-state index in [0.717, 1.165) is 49.0 Å². The number of piperazine rings is 1.